The maximum absolute atomic E-state index is 11.9. The molecule has 2 atom stereocenters. The lowest BCUT2D eigenvalue weighted by Crippen LogP contribution is -2.49. The molecule has 1 heterocycles. The summed E-state index contributed by atoms with van der Waals surface area (Å²) in [6.45, 7) is 0.567. The van der Waals surface area contributed by atoms with Gasteiger partial charge in [-0.1, -0.05) is 6.42 Å². The highest BCUT2D eigenvalue weighted by molar-refractivity contribution is 5.85. The average molecular weight is 220 g/mol. The second-order valence-corrected chi connectivity index (χ2v) is 3.04. The maximum atomic E-state index is 11.9. The SMILES string of the molecule is Cl.OC(C1CCCCN1)C(F)(F)F. The predicted molar refractivity (Wildman–Crippen MR) is 45.0 cm³/mol. The normalized spacial score (nSPS) is 26.3. The lowest BCUT2D eigenvalue weighted by atomic mass is 10.00. The monoisotopic (exact) mass is 219 g/mol. The maximum Gasteiger partial charge on any atom is 0.415 e. The summed E-state index contributed by atoms with van der Waals surface area (Å²) in [5, 5.41) is 11.5. The number of piperidine rings is 1. The van der Waals surface area contributed by atoms with Gasteiger partial charge in [-0.2, -0.15) is 13.2 Å². The van der Waals surface area contributed by atoms with Gasteiger partial charge in [-0.05, 0) is 19.4 Å². The minimum absolute atomic E-state index is 0. The number of alkyl halides is 3. The van der Waals surface area contributed by atoms with Crippen LogP contribution in [0.1, 0.15) is 19.3 Å². The van der Waals surface area contributed by atoms with Crippen LogP contribution in [0.3, 0.4) is 0 Å². The summed E-state index contributed by atoms with van der Waals surface area (Å²) >= 11 is 0. The quantitative estimate of drug-likeness (QED) is 0.700. The summed E-state index contributed by atoms with van der Waals surface area (Å²) in [5.41, 5.74) is 0. The van der Waals surface area contributed by atoms with E-state index in [2.05, 4.69) is 5.32 Å². The molecule has 1 saturated heterocycles. The number of nitrogens with one attached hydrogen (secondary N) is 1. The van der Waals surface area contributed by atoms with E-state index in [-0.39, 0.29) is 12.4 Å². The van der Waals surface area contributed by atoms with E-state index in [9.17, 15) is 13.2 Å². The van der Waals surface area contributed by atoms with Crippen LogP contribution in [0, 0.1) is 0 Å². The summed E-state index contributed by atoms with van der Waals surface area (Å²) in [4.78, 5) is 0. The molecule has 0 aromatic carbocycles. The van der Waals surface area contributed by atoms with Crippen LogP contribution in [0.5, 0.6) is 0 Å². The molecule has 2 N–H and O–H groups in total. The average Bonchev–Trinajstić information content (AvgIpc) is 2.03. The zero-order valence-electron chi connectivity index (χ0n) is 6.97. The molecule has 1 fully saturated rings. The van der Waals surface area contributed by atoms with Crippen molar-refractivity contribution in [2.45, 2.75) is 37.6 Å². The Hall–Kier alpha value is -0.0000000000000000555. The zero-order chi connectivity index (χ0) is 9.19. The molecule has 0 bridgehead atoms. The predicted octanol–water partition coefficient (Wildman–Crippen LogP) is 1.47. The van der Waals surface area contributed by atoms with E-state index in [1.54, 1.807) is 0 Å². The number of rotatable bonds is 1. The first-order chi connectivity index (χ1) is 5.52. The van der Waals surface area contributed by atoms with Crippen molar-refractivity contribution in [2.75, 3.05) is 6.54 Å². The van der Waals surface area contributed by atoms with Gasteiger partial charge in [0.15, 0.2) is 6.10 Å². The third-order valence-corrected chi connectivity index (χ3v) is 2.06. The van der Waals surface area contributed by atoms with Crippen molar-refractivity contribution in [3.8, 4) is 0 Å². The van der Waals surface area contributed by atoms with E-state index in [0.717, 1.165) is 12.8 Å². The highest BCUT2D eigenvalue weighted by Gasteiger charge is 2.43. The molecule has 2 unspecified atom stereocenters. The Balaban J connectivity index is 0.00000144. The van der Waals surface area contributed by atoms with Gasteiger partial charge in [-0.3, -0.25) is 0 Å². The third-order valence-electron chi connectivity index (χ3n) is 2.06. The summed E-state index contributed by atoms with van der Waals surface area (Å²) in [6.07, 6.45) is -4.65. The van der Waals surface area contributed by atoms with Crippen molar-refractivity contribution >= 4 is 12.4 Å². The van der Waals surface area contributed by atoms with Crippen LogP contribution in [0.4, 0.5) is 13.2 Å². The van der Waals surface area contributed by atoms with Crippen LogP contribution in [-0.4, -0.2) is 30.0 Å². The Morgan fingerprint density at radius 1 is 1.31 bits per heavy atom. The third kappa shape index (κ3) is 3.70. The summed E-state index contributed by atoms with van der Waals surface area (Å²) in [5.74, 6) is 0. The van der Waals surface area contributed by atoms with Gasteiger partial charge in [0.2, 0.25) is 0 Å². The van der Waals surface area contributed by atoms with Gasteiger partial charge in [0.1, 0.15) is 0 Å². The number of halogens is 4. The Morgan fingerprint density at radius 3 is 2.31 bits per heavy atom. The standard InChI is InChI=1S/C7H12F3NO.ClH/c8-7(9,10)6(12)5-3-1-2-4-11-5;/h5-6,11-12H,1-4H2;1H. The minimum Gasteiger partial charge on any atom is -0.382 e. The lowest BCUT2D eigenvalue weighted by molar-refractivity contribution is -0.213. The second-order valence-electron chi connectivity index (χ2n) is 3.04. The van der Waals surface area contributed by atoms with E-state index in [1.165, 1.54) is 0 Å². The molecule has 1 aliphatic rings. The molecular weight excluding hydrogens is 207 g/mol. The number of aliphatic hydroxyl groups is 1. The van der Waals surface area contributed by atoms with Gasteiger partial charge in [0, 0.05) is 6.04 Å². The van der Waals surface area contributed by atoms with Gasteiger partial charge in [0.05, 0.1) is 0 Å². The molecule has 2 nitrogen and oxygen atoms in total. The molecule has 0 radical (unpaired) electrons. The van der Waals surface area contributed by atoms with Crippen LogP contribution >= 0.6 is 12.4 Å². The molecule has 0 aromatic heterocycles. The van der Waals surface area contributed by atoms with E-state index in [0.29, 0.717) is 13.0 Å². The van der Waals surface area contributed by atoms with Crippen molar-refractivity contribution in [3.05, 3.63) is 0 Å². The van der Waals surface area contributed by atoms with E-state index < -0.39 is 18.3 Å². The minimum atomic E-state index is -4.49. The van der Waals surface area contributed by atoms with Crippen LogP contribution in [0.15, 0.2) is 0 Å². The Labute approximate surface area is 80.9 Å². The molecule has 6 heteroatoms. The highest BCUT2D eigenvalue weighted by Crippen LogP contribution is 2.25. The Bertz CT molecular complexity index is 147. The Morgan fingerprint density at radius 2 is 1.92 bits per heavy atom. The fourth-order valence-corrected chi connectivity index (χ4v) is 1.38. The Kier molecular flexibility index (Phi) is 5.02. The molecule has 0 aromatic rings. The first kappa shape index (κ1) is 13.0. The van der Waals surface area contributed by atoms with Gasteiger partial charge in [-0.25, -0.2) is 0 Å². The van der Waals surface area contributed by atoms with Crippen LogP contribution in [0.2, 0.25) is 0 Å². The van der Waals surface area contributed by atoms with Crippen molar-refractivity contribution in [3.63, 3.8) is 0 Å². The topological polar surface area (TPSA) is 32.3 Å². The molecule has 13 heavy (non-hydrogen) atoms. The lowest BCUT2D eigenvalue weighted by Gasteiger charge is -2.29. The van der Waals surface area contributed by atoms with E-state index in [4.69, 9.17) is 5.11 Å². The summed E-state index contributed by atoms with van der Waals surface area (Å²) < 4.78 is 35.8. The molecule has 1 rings (SSSR count). The van der Waals surface area contributed by atoms with Gasteiger partial charge >= 0.3 is 6.18 Å². The summed E-state index contributed by atoms with van der Waals surface area (Å²) in [7, 11) is 0. The van der Waals surface area contributed by atoms with Crippen molar-refractivity contribution in [2.24, 2.45) is 0 Å². The number of hydrogen-bond acceptors (Lipinski definition) is 2. The fourth-order valence-electron chi connectivity index (χ4n) is 1.38. The van der Waals surface area contributed by atoms with Crippen molar-refractivity contribution in [1.29, 1.82) is 0 Å². The first-order valence-electron chi connectivity index (χ1n) is 4.00. The molecule has 0 saturated carbocycles. The van der Waals surface area contributed by atoms with Gasteiger partial charge in [0.25, 0.3) is 0 Å². The highest BCUT2D eigenvalue weighted by atomic mass is 35.5. The molecule has 0 aliphatic carbocycles. The molecular formula is C7H13ClF3NO. The first-order valence-corrected chi connectivity index (χ1v) is 4.00. The van der Waals surface area contributed by atoms with Crippen LogP contribution < -0.4 is 5.32 Å². The van der Waals surface area contributed by atoms with Crippen LogP contribution in [-0.2, 0) is 0 Å². The second kappa shape index (κ2) is 5.02. The van der Waals surface area contributed by atoms with E-state index in [1.807, 2.05) is 0 Å². The van der Waals surface area contributed by atoms with E-state index >= 15 is 0 Å². The van der Waals surface area contributed by atoms with Gasteiger partial charge in [-0.15, -0.1) is 12.4 Å². The molecule has 0 spiro atoms. The van der Waals surface area contributed by atoms with Crippen molar-refractivity contribution in [1.82, 2.24) is 5.32 Å². The number of aliphatic hydroxyl groups excluding tert-OH is 1. The van der Waals surface area contributed by atoms with Crippen molar-refractivity contribution < 1.29 is 18.3 Å². The van der Waals surface area contributed by atoms with Gasteiger partial charge < -0.3 is 10.4 Å². The number of hydrogen-bond donors (Lipinski definition) is 2. The van der Waals surface area contributed by atoms with Crippen LogP contribution in [0.25, 0.3) is 0 Å². The smallest absolute Gasteiger partial charge is 0.382 e. The summed E-state index contributed by atoms with van der Waals surface area (Å²) in [6, 6.07) is -0.807. The fraction of sp³-hybridized carbons (Fsp3) is 1.00. The largest absolute Gasteiger partial charge is 0.415 e. The molecule has 80 valence electrons. The zero-order valence-corrected chi connectivity index (χ0v) is 7.79. The molecule has 0 amide bonds. The molecule has 1 aliphatic heterocycles.